The van der Waals surface area contributed by atoms with Crippen LogP contribution in [0.4, 0.5) is 0 Å². The van der Waals surface area contributed by atoms with Crippen LogP contribution < -0.4 is 10.6 Å². The maximum Gasteiger partial charge on any atom is 0.191 e. The van der Waals surface area contributed by atoms with Crippen LogP contribution in [0.5, 0.6) is 0 Å². The molecule has 3 unspecified atom stereocenters. The molecule has 0 aromatic heterocycles. The van der Waals surface area contributed by atoms with E-state index < -0.39 is 0 Å². The van der Waals surface area contributed by atoms with E-state index in [1.807, 2.05) is 7.05 Å². The van der Waals surface area contributed by atoms with E-state index in [0.29, 0.717) is 29.5 Å². The van der Waals surface area contributed by atoms with Gasteiger partial charge in [-0.2, -0.15) is 0 Å². The molecule has 0 aromatic carbocycles. The molecule has 28 heavy (non-hydrogen) atoms. The summed E-state index contributed by atoms with van der Waals surface area (Å²) in [6.45, 7) is 5.31. The van der Waals surface area contributed by atoms with Crippen molar-refractivity contribution in [3.63, 3.8) is 0 Å². The molecule has 6 nitrogen and oxygen atoms in total. The molecule has 7 heteroatoms. The average Bonchev–Trinajstić information content (AvgIpc) is 3.35. The third-order valence-electron chi connectivity index (χ3n) is 7.55. The number of nitrogens with zero attached hydrogens (tertiary/aromatic N) is 2. The Morgan fingerprint density at radius 1 is 1.18 bits per heavy atom. The van der Waals surface area contributed by atoms with Gasteiger partial charge in [-0.3, -0.25) is 4.99 Å². The molecule has 0 bridgehead atoms. The molecule has 2 saturated carbocycles. The number of halogens is 1. The van der Waals surface area contributed by atoms with Gasteiger partial charge in [0, 0.05) is 70.4 Å². The second-order valence-corrected chi connectivity index (χ2v) is 8.99. The molecule has 3 atom stereocenters. The van der Waals surface area contributed by atoms with E-state index >= 15 is 0 Å². The number of fused-ring (bicyclic) bond motifs is 2. The van der Waals surface area contributed by atoms with Gasteiger partial charge in [0.15, 0.2) is 5.96 Å². The molecule has 1 spiro atoms. The van der Waals surface area contributed by atoms with Gasteiger partial charge in [-0.25, -0.2) is 0 Å². The van der Waals surface area contributed by atoms with Gasteiger partial charge in [-0.1, -0.05) is 12.8 Å². The van der Waals surface area contributed by atoms with E-state index in [4.69, 9.17) is 9.47 Å². The summed E-state index contributed by atoms with van der Waals surface area (Å²) in [4.78, 5) is 7.14. The van der Waals surface area contributed by atoms with Gasteiger partial charge in [-0.05, 0) is 38.5 Å². The van der Waals surface area contributed by atoms with Crippen LogP contribution in [0.25, 0.3) is 0 Å². The zero-order valence-electron chi connectivity index (χ0n) is 17.6. The van der Waals surface area contributed by atoms with E-state index in [1.165, 1.54) is 58.0 Å². The molecule has 2 heterocycles. The fourth-order valence-electron chi connectivity index (χ4n) is 6.15. The largest absolute Gasteiger partial charge is 0.385 e. The fourth-order valence-corrected chi connectivity index (χ4v) is 6.15. The molecule has 4 aliphatic rings. The molecular weight excluding hydrogens is 467 g/mol. The number of methoxy groups -OCH3 is 1. The Balaban J connectivity index is 0.00000225. The second-order valence-electron chi connectivity index (χ2n) is 8.99. The first-order valence-corrected chi connectivity index (χ1v) is 11.1. The van der Waals surface area contributed by atoms with Crippen molar-refractivity contribution in [3.05, 3.63) is 0 Å². The Morgan fingerprint density at radius 2 is 1.93 bits per heavy atom. The van der Waals surface area contributed by atoms with Crippen LogP contribution in [0.2, 0.25) is 0 Å². The van der Waals surface area contributed by atoms with Gasteiger partial charge in [0.25, 0.3) is 0 Å². The summed E-state index contributed by atoms with van der Waals surface area (Å²) in [6, 6.07) is 1.08. The molecule has 2 saturated heterocycles. The summed E-state index contributed by atoms with van der Waals surface area (Å²) in [5.41, 5.74) is 0.378. The lowest BCUT2D eigenvalue weighted by atomic mass is 9.54. The number of ether oxygens (including phenoxy) is 2. The fraction of sp³-hybridized carbons (Fsp3) is 0.952. The van der Waals surface area contributed by atoms with E-state index in [2.05, 4.69) is 20.5 Å². The Bertz CT molecular complexity index is 519. The van der Waals surface area contributed by atoms with Crippen LogP contribution in [-0.2, 0) is 9.47 Å². The lowest BCUT2D eigenvalue weighted by Crippen LogP contribution is -2.69. The smallest absolute Gasteiger partial charge is 0.191 e. The quantitative estimate of drug-likeness (QED) is 0.251. The number of guanidine groups is 1. The zero-order valence-corrected chi connectivity index (χ0v) is 20.0. The number of piperidine rings is 1. The molecule has 2 aliphatic heterocycles. The van der Waals surface area contributed by atoms with Crippen LogP contribution in [0.1, 0.15) is 51.4 Å². The molecule has 0 aromatic rings. The van der Waals surface area contributed by atoms with Crippen LogP contribution in [-0.4, -0.2) is 76.1 Å². The summed E-state index contributed by atoms with van der Waals surface area (Å²) in [6.07, 6.45) is 10.6. The molecule has 162 valence electrons. The number of nitrogens with one attached hydrogen (secondary N) is 2. The summed E-state index contributed by atoms with van der Waals surface area (Å²) >= 11 is 0. The topological polar surface area (TPSA) is 58.1 Å². The highest BCUT2D eigenvalue weighted by atomic mass is 127. The Hall–Kier alpha value is -0.120. The van der Waals surface area contributed by atoms with Crippen LogP contribution in [0.3, 0.4) is 0 Å². The number of likely N-dealkylation sites (tertiary alicyclic amines) is 1. The predicted octanol–water partition coefficient (Wildman–Crippen LogP) is 2.62. The maximum atomic E-state index is 6.12. The van der Waals surface area contributed by atoms with E-state index in [0.717, 1.165) is 32.1 Å². The standard InChI is InChI=1S/C21H38N4O2.HI/c1-22-20(23-16-6-12-25(13-7-16)11-5-14-26-2)24-18-17-8-15-27-19(17)21(18)9-3-4-10-21;/h16-19H,3-15H2,1-2H3,(H2,22,23,24);1H. The highest BCUT2D eigenvalue weighted by Gasteiger charge is 2.65. The minimum absolute atomic E-state index is 0. The van der Waals surface area contributed by atoms with E-state index in [1.54, 1.807) is 7.11 Å². The van der Waals surface area contributed by atoms with E-state index in [9.17, 15) is 0 Å². The first-order valence-electron chi connectivity index (χ1n) is 11.1. The van der Waals surface area contributed by atoms with Crippen molar-refractivity contribution in [2.75, 3.05) is 47.0 Å². The molecule has 2 N–H and O–H groups in total. The third-order valence-corrected chi connectivity index (χ3v) is 7.55. The minimum atomic E-state index is 0. The van der Waals surface area contributed by atoms with Crippen molar-refractivity contribution in [1.29, 1.82) is 0 Å². The van der Waals surface area contributed by atoms with Crippen molar-refractivity contribution in [3.8, 4) is 0 Å². The summed E-state index contributed by atoms with van der Waals surface area (Å²) < 4.78 is 11.3. The van der Waals surface area contributed by atoms with Gasteiger partial charge in [0.05, 0.1) is 6.10 Å². The molecular formula is C21H39IN4O2. The lowest BCUT2D eigenvalue weighted by Gasteiger charge is -2.57. The monoisotopic (exact) mass is 506 g/mol. The van der Waals surface area contributed by atoms with Crippen molar-refractivity contribution >= 4 is 29.9 Å². The summed E-state index contributed by atoms with van der Waals surface area (Å²) in [5, 5.41) is 7.56. The van der Waals surface area contributed by atoms with Crippen LogP contribution in [0.15, 0.2) is 4.99 Å². The normalized spacial score (nSPS) is 32.6. The third kappa shape index (κ3) is 4.47. The van der Waals surface area contributed by atoms with Crippen molar-refractivity contribution in [1.82, 2.24) is 15.5 Å². The summed E-state index contributed by atoms with van der Waals surface area (Å²) in [5.74, 6) is 1.69. The SMILES string of the molecule is CN=C(NC1CCN(CCCOC)CC1)NC1C2CCOC2C12CCCC2.I. The van der Waals surface area contributed by atoms with Crippen molar-refractivity contribution in [2.24, 2.45) is 16.3 Å². The number of aliphatic imine (C=N–C) groups is 1. The Labute approximate surface area is 187 Å². The summed E-state index contributed by atoms with van der Waals surface area (Å²) in [7, 11) is 3.70. The first kappa shape index (κ1) is 22.6. The lowest BCUT2D eigenvalue weighted by molar-refractivity contribution is -0.125. The van der Waals surface area contributed by atoms with Crippen LogP contribution >= 0.6 is 24.0 Å². The molecule has 0 amide bonds. The number of hydrogen-bond acceptors (Lipinski definition) is 4. The predicted molar refractivity (Wildman–Crippen MR) is 124 cm³/mol. The van der Waals surface area contributed by atoms with Gasteiger partial charge in [-0.15, -0.1) is 24.0 Å². The Morgan fingerprint density at radius 3 is 2.61 bits per heavy atom. The zero-order chi connectivity index (χ0) is 18.7. The molecule has 2 aliphatic carbocycles. The second kappa shape index (κ2) is 10.3. The average molecular weight is 506 g/mol. The maximum absolute atomic E-state index is 6.12. The number of hydrogen-bond donors (Lipinski definition) is 2. The highest BCUT2D eigenvalue weighted by Crippen LogP contribution is 2.60. The van der Waals surface area contributed by atoms with Crippen molar-refractivity contribution in [2.45, 2.75) is 69.6 Å². The van der Waals surface area contributed by atoms with Gasteiger partial charge in [0.1, 0.15) is 0 Å². The molecule has 4 fully saturated rings. The van der Waals surface area contributed by atoms with Gasteiger partial charge in [0.2, 0.25) is 0 Å². The molecule has 0 radical (unpaired) electrons. The highest BCUT2D eigenvalue weighted by molar-refractivity contribution is 14.0. The van der Waals surface area contributed by atoms with Gasteiger partial charge < -0.3 is 25.0 Å². The van der Waals surface area contributed by atoms with Gasteiger partial charge >= 0.3 is 0 Å². The van der Waals surface area contributed by atoms with Crippen molar-refractivity contribution < 1.29 is 9.47 Å². The Kier molecular flexibility index (Phi) is 8.27. The first-order chi connectivity index (χ1) is 13.3. The minimum Gasteiger partial charge on any atom is -0.385 e. The molecule has 4 rings (SSSR count). The number of rotatable bonds is 6. The van der Waals surface area contributed by atoms with Crippen LogP contribution in [0, 0.1) is 11.3 Å². The van der Waals surface area contributed by atoms with E-state index in [-0.39, 0.29) is 24.0 Å².